The third kappa shape index (κ3) is 4.93. The molecule has 2 saturated carbocycles. The Morgan fingerprint density at radius 1 is 0.824 bits per heavy atom. The SMILES string of the molecule is C=C(Cc1ccc([C@H]2CCC(C)C(CC3CCCC3C)C2CC)cc1)c1ccc2c(c1)CCC2. The minimum Gasteiger partial charge on any atom is -0.0949 e. The maximum absolute atomic E-state index is 4.46. The van der Waals surface area contributed by atoms with E-state index in [1.807, 2.05) is 0 Å². The normalized spacial score (nSPS) is 30.9. The molecule has 5 unspecified atom stereocenters. The molecular weight excluding hydrogens is 408 g/mol. The van der Waals surface area contributed by atoms with Crippen molar-refractivity contribution in [1.29, 1.82) is 0 Å². The van der Waals surface area contributed by atoms with Gasteiger partial charge in [0.25, 0.3) is 0 Å². The van der Waals surface area contributed by atoms with Gasteiger partial charge in [-0.2, -0.15) is 0 Å². The van der Waals surface area contributed by atoms with Gasteiger partial charge in [-0.25, -0.2) is 0 Å². The van der Waals surface area contributed by atoms with Gasteiger partial charge >= 0.3 is 0 Å². The van der Waals surface area contributed by atoms with Gasteiger partial charge in [-0.05, 0) is 114 Å². The summed E-state index contributed by atoms with van der Waals surface area (Å²) in [6, 6.07) is 16.7. The molecule has 3 aliphatic rings. The Morgan fingerprint density at radius 2 is 1.62 bits per heavy atom. The van der Waals surface area contributed by atoms with Crippen molar-refractivity contribution < 1.29 is 0 Å². The number of rotatable bonds is 7. The van der Waals surface area contributed by atoms with Crippen molar-refractivity contribution in [2.24, 2.45) is 29.6 Å². The lowest BCUT2D eigenvalue weighted by Crippen LogP contribution is -2.34. The van der Waals surface area contributed by atoms with Crippen molar-refractivity contribution in [3.63, 3.8) is 0 Å². The summed E-state index contributed by atoms with van der Waals surface area (Å²) in [7, 11) is 0. The lowest BCUT2D eigenvalue weighted by Gasteiger charge is -2.44. The molecule has 2 aromatic carbocycles. The van der Waals surface area contributed by atoms with E-state index in [1.165, 1.54) is 80.9 Å². The van der Waals surface area contributed by atoms with Crippen molar-refractivity contribution >= 4 is 5.57 Å². The molecule has 0 radical (unpaired) electrons. The zero-order valence-electron chi connectivity index (χ0n) is 22.0. The number of benzene rings is 2. The fourth-order valence-corrected chi connectivity index (χ4v) is 7.94. The summed E-state index contributed by atoms with van der Waals surface area (Å²) in [5.41, 5.74) is 8.69. The maximum Gasteiger partial charge on any atom is -0.00257 e. The summed E-state index contributed by atoms with van der Waals surface area (Å²) in [4.78, 5) is 0. The molecule has 0 N–H and O–H groups in total. The van der Waals surface area contributed by atoms with Crippen LogP contribution in [0.15, 0.2) is 49.0 Å². The molecule has 2 aromatic rings. The Morgan fingerprint density at radius 3 is 2.35 bits per heavy atom. The van der Waals surface area contributed by atoms with E-state index in [4.69, 9.17) is 0 Å². The molecule has 34 heavy (non-hydrogen) atoms. The van der Waals surface area contributed by atoms with E-state index in [2.05, 4.69) is 69.8 Å². The van der Waals surface area contributed by atoms with E-state index in [0.29, 0.717) is 0 Å². The summed E-state index contributed by atoms with van der Waals surface area (Å²) in [5.74, 6) is 5.33. The molecule has 0 spiro atoms. The summed E-state index contributed by atoms with van der Waals surface area (Å²) >= 11 is 0. The predicted molar refractivity (Wildman–Crippen MR) is 147 cm³/mol. The van der Waals surface area contributed by atoms with Crippen molar-refractivity contribution in [1.82, 2.24) is 0 Å². The van der Waals surface area contributed by atoms with E-state index in [1.54, 1.807) is 16.7 Å². The summed E-state index contributed by atoms with van der Waals surface area (Å²) < 4.78 is 0. The molecule has 3 aliphatic carbocycles. The van der Waals surface area contributed by atoms with Crippen LogP contribution in [-0.2, 0) is 19.3 Å². The van der Waals surface area contributed by atoms with Crippen LogP contribution in [0.5, 0.6) is 0 Å². The number of hydrogen-bond acceptors (Lipinski definition) is 0. The number of fused-ring (bicyclic) bond motifs is 1. The smallest absolute Gasteiger partial charge is 0.00257 e. The second-order valence-corrected chi connectivity index (χ2v) is 12.2. The summed E-state index contributed by atoms with van der Waals surface area (Å²) in [6.45, 7) is 12.0. The number of aryl methyl sites for hydroxylation is 2. The first kappa shape index (κ1) is 23.9. The molecule has 6 atom stereocenters. The zero-order valence-corrected chi connectivity index (χ0v) is 22.0. The van der Waals surface area contributed by atoms with Crippen LogP contribution in [0.1, 0.15) is 106 Å². The first-order chi connectivity index (χ1) is 16.5. The Hall–Kier alpha value is -1.82. The fraction of sp³-hybridized carbons (Fsp3) is 0.588. The van der Waals surface area contributed by atoms with Crippen LogP contribution >= 0.6 is 0 Å². The summed E-state index contributed by atoms with van der Waals surface area (Å²) in [5, 5.41) is 0. The highest BCUT2D eigenvalue weighted by molar-refractivity contribution is 5.67. The Bertz CT molecular complexity index is 980. The van der Waals surface area contributed by atoms with Gasteiger partial charge in [-0.3, -0.25) is 0 Å². The van der Waals surface area contributed by atoms with Crippen LogP contribution in [0.25, 0.3) is 5.57 Å². The van der Waals surface area contributed by atoms with Gasteiger partial charge in [0.2, 0.25) is 0 Å². The van der Waals surface area contributed by atoms with Gasteiger partial charge in [0.1, 0.15) is 0 Å². The van der Waals surface area contributed by atoms with Crippen molar-refractivity contribution in [3.05, 3.63) is 76.9 Å². The van der Waals surface area contributed by atoms with Crippen molar-refractivity contribution in [2.75, 3.05) is 0 Å². The summed E-state index contributed by atoms with van der Waals surface area (Å²) in [6.07, 6.45) is 14.8. The van der Waals surface area contributed by atoms with Crippen molar-refractivity contribution in [3.8, 4) is 0 Å². The molecule has 0 amide bonds. The van der Waals surface area contributed by atoms with Crippen LogP contribution in [0.3, 0.4) is 0 Å². The van der Waals surface area contributed by atoms with Gasteiger partial charge in [-0.15, -0.1) is 0 Å². The molecule has 5 rings (SSSR count). The van der Waals surface area contributed by atoms with E-state index >= 15 is 0 Å². The Kier molecular flexibility index (Phi) is 7.33. The topological polar surface area (TPSA) is 0 Å². The standard InChI is InChI=1S/C34H46/c1-5-32-33(19-12-24(3)34(32)22-29-10-6-8-23(29)2)28-15-13-26(14-16-28)20-25(4)30-18-17-27-9-7-11-31(27)21-30/h13-18,21,23-24,29,32-34H,4-12,19-20,22H2,1-3H3/t23?,24?,29?,32?,33-,34?/m1/s1. The largest absolute Gasteiger partial charge is 0.0949 e. The molecule has 2 fully saturated rings. The first-order valence-corrected chi connectivity index (χ1v) is 14.4. The molecule has 0 heteroatoms. The van der Waals surface area contributed by atoms with Crippen LogP contribution in [0.2, 0.25) is 0 Å². The lowest BCUT2D eigenvalue weighted by atomic mass is 9.61. The molecule has 0 heterocycles. The minimum absolute atomic E-state index is 0.747. The highest BCUT2D eigenvalue weighted by Crippen LogP contribution is 2.50. The third-order valence-electron chi connectivity index (χ3n) is 10.1. The van der Waals surface area contributed by atoms with Gasteiger partial charge in [0.05, 0.1) is 0 Å². The Balaban J connectivity index is 1.26. The van der Waals surface area contributed by atoms with Crippen LogP contribution in [-0.4, -0.2) is 0 Å². The maximum atomic E-state index is 4.46. The van der Waals surface area contributed by atoms with Gasteiger partial charge in [0, 0.05) is 0 Å². The molecular formula is C34H46. The average molecular weight is 455 g/mol. The van der Waals surface area contributed by atoms with Crippen LogP contribution in [0.4, 0.5) is 0 Å². The molecule has 0 nitrogen and oxygen atoms in total. The number of hydrogen-bond donors (Lipinski definition) is 0. The highest BCUT2D eigenvalue weighted by Gasteiger charge is 2.39. The molecule has 0 aliphatic heterocycles. The minimum atomic E-state index is 0.747. The van der Waals surface area contributed by atoms with Crippen LogP contribution < -0.4 is 0 Å². The number of allylic oxidation sites excluding steroid dienone is 1. The molecule has 0 aromatic heterocycles. The molecule has 182 valence electrons. The van der Waals surface area contributed by atoms with E-state index in [0.717, 1.165) is 41.9 Å². The van der Waals surface area contributed by atoms with Gasteiger partial charge in [0.15, 0.2) is 0 Å². The van der Waals surface area contributed by atoms with Gasteiger partial charge in [-0.1, -0.05) is 95.5 Å². The highest BCUT2D eigenvalue weighted by atomic mass is 14.4. The quantitative estimate of drug-likeness (QED) is 0.391. The molecule has 0 bridgehead atoms. The zero-order chi connectivity index (χ0) is 23.7. The second kappa shape index (κ2) is 10.4. The third-order valence-corrected chi connectivity index (χ3v) is 10.1. The predicted octanol–water partition coefficient (Wildman–Crippen LogP) is 9.41. The monoisotopic (exact) mass is 454 g/mol. The molecule has 0 saturated heterocycles. The Labute approximate surface area is 209 Å². The van der Waals surface area contributed by atoms with Crippen molar-refractivity contribution in [2.45, 2.75) is 97.3 Å². The second-order valence-electron chi connectivity index (χ2n) is 12.2. The average Bonchev–Trinajstić information content (AvgIpc) is 3.49. The van der Waals surface area contributed by atoms with Gasteiger partial charge < -0.3 is 0 Å². The van der Waals surface area contributed by atoms with E-state index in [-0.39, 0.29) is 0 Å². The van der Waals surface area contributed by atoms with Crippen LogP contribution in [0, 0.1) is 29.6 Å². The fourth-order valence-electron chi connectivity index (χ4n) is 7.94. The van der Waals surface area contributed by atoms with E-state index in [9.17, 15) is 0 Å². The van der Waals surface area contributed by atoms with E-state index < -0.39 is 0 Å². The lowest BCUT2D eigenvalue weighted by molar-refractivity contribution is 0.101. The first-order valence-electron chi connectivity index (χ1n) is 14.4.